The van der Waals surface area contributed by atoms with E-state index in [0.29, 0.717) is 12.5 Å². The first-order chi connectivity index (χ1) is 8.65. The highest BCUT2D eigenvalue weighted by Crippen LogP contribution is 2.10. The van der Waals surface area contributed by atoms with Crippen molar-refractivity contribution in [2.45, 2.75) is 39.2 Å². The molecular weight excluding hydrogens is 224 g/mol. The van der Waals surface area contributed by atoms with Crippen LogP contribution in [-0.2, 0) is 11.2 Å². The van der Waals surface area contributed by atoms with E-state index in [1.165, 1.54) is 11.1 Å². The third kappa shape index (κ3) is 3.57. The molecule has 2 N–H and O–H groups in total. The van der Waals surface area contributed by atoms with Crippen LogP contribution in [0.25, 0.3) is 0 Å². The van der Waals surface area contributed by atoms with Gasteiger partial charge in [0.25, 0.3) is 0 Å². The van der Waals surface area contributed by atoms with Gasteiger partial charge in [0.1, 0.15) is 0 Å². The molecule has 3 nitrogen and oxygen atoms in total. The lowest BCUT2D eigenvalue weighted by Crippen LogP contribution is -2.46. The van der Waals surface area contributed by atoms with Crippen LogP contribution < -0.4 is 10.6 Å². The van der Waals surface area contributed by atoms with Crippen LogP contribution in [0.15, 0.2) is 18.2 Å². The Morgan fingerprint density at radius 2 is 2.22 bits per heavy atom. The topological polar surface area (TPSA) is 41.1 Å². The number of carbonyl (C=O) groups excluding carboxylic acids is 1. The minimum Gasteiger partial charge on any atom is -0.352 e. The minimum atomic E-state index is 0.131. The van der Waals surface area contributed by atoms with Crippen molar-refractivity contribution in [3.05, 3.63) is 34.9 Å². The smallest absolute Gasteiger partial charge is 0.224 e. The maximum Gasteiger partial charge on any atom is 0.224 e. The lowest BCUT2D eigenvalue weighted by atomic mass is 10.0. The monoisotopic (exact) mass is 246 g/mol. The van der Waals surface area contributed by atoms with E-state index in [1.54, 1.807) is 0 Å². The highest BCUT2D eigenvalue weighted by Gasteiger charge is 2.15. The molecule has 0 bridgehead atoms. The average Bonchev–Trinajstić information content (AvgIpc) is 2.35. The van der Waals surface area contributed by atoms with Gasteiger partial charge in [0.2, 0.25) is 5.91 Å². The van der Waals surface area contributed by atoms with E-state index in [4.69, 9.17) is 0 Å². The summed E-state index contributed by atoms with van der Waals surface area (Å²) in [6.07, 6.45) is 2.72. The van der Waals surface area contributed by atoms with Gasteiger partial charge >= 0.3 is 0 Å². The van der Waals surface area contributed by atoms with E-state index in [9.17, 15) is 4.79 Å². The van der Waals surface area contributed by atoms with Crippen molar-refractivity contribution in [2.24, 2.45) is 0 Å². The second-order valence-electron chi connectivity index (χ2n) is 5.21. The highest BCUT2D eigenvalue weighted by molar-refractivity contribution is 5.79. The van der Waals surface area contributed by atoms with Crippen molar-refractivity contribution in [3.8, 4) is 0 Å². The van der Waals surface area contributed by atoms with E-state index in [2.05, 4.69) is 36.6 Å². The van der Waals surface area contributed by atoms with Gasteiger partial charge in [0, 0.05) is 12.6 Å². The van der Waals surface area contributed by atoms with Gasteiger partial charge in [-0.1, -0.05) is 18.2 Å². The van der Waals surface area contributed by atoms with Crippen LogP contribution >= 0.6 is 0 Å². The summed E-state index contributed by atoms with van der Waals surface area (Å²) in [5, 5.41) is 6.41. The molecule has 1 aliphatic heterocycles. The number of benzene rings is 1. The Balaban J connectivity index is 1.88. The Morgan fingerprint density at radius 1 is 1.39 bits per heavy atom. The van der Waals surface area contributed by atoms with Crippen LogP contribution in [0.3, 0.4) is 0 Å². The van der Waals surface area contributed by atoms with Crippen LogP contribution in [0, 0.1) is 13.8 Å². The molecule has 2 rings (SSSR count). The quantitative estimate of drug-likeness (QED) is 0.852. The summed E-state index contributed by atoms with van der Waals surface area (Å²) >= 11 is 0. The van der Waals surface area contributed by atoms with Crippen molar-refractivity contribution in [2.75, 3.05) is 13.1 Å². The number of aryl methyl sites for hydroxylation is 2. The second kappa shape index (κ2) is 6.01. The molecule has 0 saturated carbocycles. The van der Waals surface area contributed by atoms with E-state index in [0.717, 1.165) is 31.5 Å². The van der Waals surface area contributed by atoms with E-state index in [1.807, 2.05) is 6.07 Å². The first-order valence-electron chi connectivity index (χ1n) is 6.71. The number of carbonyl (C=O) groups is 1. The first-order valence-corrected chi connectivity index (χ1v) is 6.71. The summed E-state index contributed by atoms with van der Waals surface area (Å²) in [4.78, 5) is 11.9. The van der Waals surface area contributed by atoms with Gasteiger partial charge in [-0.2, -0.15) is 0 Å². The molecule has 0 radical (unpaired) electrons. The van der Waals surface area contributed by atoms with Gasteiger partial charge in [-0.05, 0) is 49.9 Å². The molecule has 1 atom stereocenters. The maximum atomic E-state index is 11.9. The fourth-order valence-electron chi connectivity index (χ4n) is 2.35. The third-order valence-corrected chi connectivity index (χ3v) is 3.60. The molecule has 1 aromatic rings. The molecule has 1 aliphatic rings. The van der Waals surface area contributed by atoms with Crippen LogP contribution in [0.1, 0.15) is 29.5 Å². The summed E-state index contributed by atoms with van der Waals surface area (Å²) in [5.74, 6) is 0.131. The SMILES string of the molecule is Cc1ccc(CC(=O)N[C@@H]2CCCNC2)cc1C. The maximum absolute atomic E-state index is 11.9. The molecule has 1 aromatic carbocycles. The Hall–Kier alpha value is -1.35. The van der Waals surface area contributed by atoms with E-state index < -0.39 is 0 Å². The fraction of sp³-hybridized carbons (Fsp3) is 0.533. The highest BCUT2D eigenvalue weighted by atomic mass is 16.1. The van der Waals surface area contributed by atoms with Gasteiger partial charge < -0.3 is 10.6 Å². The van der Waals surface area contributed by atoms with Crippen molar-refractivity contribution >= 4 is 5.91 Å². The molecule has 1 fully saturated rings. The van der Waals surface area contributed by atoms with Crippen molar-refractivity contribution in [1.82, 2.24) is 10.6 Å². The van der Waals surface area contributed by atoms with Crippen molar-refractivity contribution in [3.63, 3.8) is 0 Å². The fourth-order valence-corrected chi connectivity index (χ4v) is 2.35. The Morgan fingerprint density at radius 3 is 2.89 bits per heavy atom. The standard InChI is InChI=1S/C15H22N2O/c1-11-5-6-13(8-12(11)2)9-15(18)17-14-4-3-7-16-10-14/h5-6,8,14,16H,3-4,7,9-10H2,1-2H3,(H,17,18)/t14-/m1/s1. The Bertz CT molecular complexity index is 423. The molecule has 18 heavy (non-hydrogen) atoms. The first kappa shape index (κ1) is 13.1. The zero-order valence-corrected chi connectivity index (χ0v) is 11.3. The Kier molecular flexibility index (Phi) is 4.37. The van der Waals surface area contributed by atoms with Crippen molar-refractivity contribution < 1.29 is 4.79 Å². The molecule has 0 aromatic heterocycles. The zero-order valence-electron chi connectivity index (χ0n) is 11.3. The minimum absolute atomic E-state index is 0.131. The zero-order chi connectivity index (χ0) is 13.0. The summed E-state index contributed by atoms with van der Waals surface area (Å²) in [6, 6.07) is 6.53. The summed E-state index contributed by atoms with van der Waals surface area (Å²) < 4.78 is 0. The van der Waals surface area contributed by atoms with Crippen LogP contribution in [0.5, 0.6) is 0 Å². The van der Waals surface area contributed by atoms with E-state index >= 15 is 0 Å². The molecule has 0 spiro atoms. The van der Waals surface area contributed by atoms with Crippen LogP contribution in [0.2, 0.25) is 0 Å². The normalized spacial score (nSPS) is 19.6. The largest absolute Gasteiger partial charge is 0.352 e. The number of piperidine rings is 1. The number of hydrogen-bond donors (Lipinski definition) is 2. The molecule has 3 heteroatoms. The van der Waals surface area contributed by atoms with Gasteiger partial charge in [-0.15, -0.1) is 0 Å². The van der Waals surface area contributed by atoms with E-state index in [-0.39, 0.29) is 5.91 Å². The Labute approximate surface area is 109 Å². The van der Waals surface area contributed by atoms with Crippen LogP contribution in [0.4, 0.5) is 0 Å². The molecular formula is C15H22N2O. The predicted molar refractivity (Wildman–Crippen MR) is 73.7 cm³/mol. The van der Waals surface area contributed by atoms with Gasteiger partial charge in [-0.25, -0.2) is 0 Å². The predicted octanol–water partition coefficient (Wildman–Crippen LogP) is 1.71. The third-order valence-electron chi connectivity index (χ3n) is 3.60. The second-order valence-corrected chi connectivity index (χ2v) is 5.21. The van der Waals surface area contributed by atoms with Gasteiger partial charge in [-0.3, -0.25) is 4.79 Å². The van der Waals surface area contributed by atoms with Gasteiger partial charge in [0.05, 0.1) is 6.42 Å². The van der Waals surface area contributed by atoms with Crippen molar-refractivity contribution in [1.29, 1.82) is 0 Å². The lowest BCUT2D eigenvalue weighted by Gasteiger charge is -2.23. The number of nitrogens with one attached hydrogen (secondary N) is 2. The average molecular weight is 246 g/mol. The molecule has 98 valence electrons. The molecule has 0 unspecified atom stereocenters. The molecule has 1 amide bonds. The number of hydrogen-bond acceptors (Lipinski definition) is 2. The summed E-state index contributed by atoms with van der Waals surface area (Å²) in [5.41, 5.74) is 3.62. The summed E-state index contributed by atoms with van der Waals surface area (Å²) in [7, 11) is 0. The molecule has 0 aliphatic carbocycles. The summed E-state index contributed by atoms with van der Waals surface area (Å²) in [6.45, 7) is 6.15. The van der Waals surface area contributed by atoms with Gasteiger partial charge in [0.15, 0.2) is 0 Å². The van der Waals surface area contributed by atoms with Crippen LogP contribution in [-0.4, -0.2) is 25.0 Å². The lowest BCUT2D eigenvalue weighted by molar-refractivity contribution is -0.121. The number of rotatable bonds is 3. The number of amides is 1. The molecule has 1 heterocycles. The molecule has 1 saturated heterocycles.